The normalized spacial score (nSPS) is 13.5. The van der Waals surface area contributed by atoms with Gasteiger partial charge in [0.1, 0.15) is 0 Å². The minimum atomic E-state index is -4.27. The van der Waals surface area contributed by atoms with Crippen molar-refractivity contribution in [3.8, 4) is 0 Å². The first-order valence-electron chi connectivity index (χ1n) is 5.33. The summed E-state index contributed by atoms with van der Waals surface area (Å²) < 4.78 is 37.1. The van der Waals surface area contributed by atoms with Crippen LogP contribution in [0.15, 0.2) is 36.4 Å². The molecule has 94 valence electrons. The van der Waals surface area contributed by atoms with Crippen molar-refractivity contribution in [3.63, 3.8) is 0 Å². The maximum atomic E-state index is 12.4. The molecule has 1 aromatic rings. The van der Waals surface area contributed by atoms with Crippen LogP contribution in [-0.4, -0.2) is 13.1 Å². The van der Waals surface area contributed by atoms with Gasteiger partial charge in [0.05, 0.1) is 5.56 Å². The van der Waals surface area contributed by atoms with Crippen LogP contribution in [0.3, 0.4) is 0 Å². The first-order chi connectivity index (χ1) is 7.84. The molecule has 0 aliphatic rings. The molecule has 0 heterocycles. The zero-order chi connectivity index (χ0) is 13.1. The van der Waals surface area contributed by atoms with Gasteiger partial charge in [-0.05, 0) is 38.1 Å². The number of hydrogen-bond donors (Lipinski definition) is 1. The second kappa shape index (κ2) is 5.36. The van der Waals surface area contributed by atoms with E-state index in [2.05, 4.69) is 11.9 Å². The maximum absolute atomic E-state index is 12.4. The Morgan fingerprint density at radius 1 is 1.29 bits per heavy atom. The standard InChI is InChI=1S/C13H16F3N/c1-9(2)12(17-3)8-10-4-6-11(7-5-10)13(14,15)16/h4-7,12,17H,1,8H2,2-3H3. The molecule has 0 aliphatic carbocycles. The van der Waals surface area contributed by atoms with Gasteiger partial charge >= 0.3 is 6.18 Å². The molecule has 0 saturated heterocycles. The first-order valence-corrected chi connectivity index (χ1v) is 5.33. The van der Waals surface area contributed by atoms with E-state index in [0.29, 0.717) is 6.42 Å². The van der Waals surface area contributed by atoms with E-state index in [-0.39, 0.29) is 6.04 Å². The fraction of sp³-hybridized carbons (Fsp3) is 0.385. The highest BCUT2D eigenvalue weighted by atomic mass is 19.4. The monoisotopic (exact) mass is 243 g/mol. The SMILES string of the molecule is C=C(C)C(Cc1ccc(C(F)(F)F)cc1)NC. The Bertz CT molecular complexity index is 379. The number of likely N-dealkylation sites (N-methyl/N-ethyl adjacent to an activating group) is 1. The molecule has 0 fully saturated rings. The molecule has 0 aromatic heterocycles. The van der Waals surface area contributed by atoms with Crippen LogP contribution in [0.4, 0.5) is 13.2 Å². The van der Waals surface area contributed by atoms with Gasteiger partial charge in [0.2, 0.25) is 0 Å². The van der Waals surface area contributed by atoms with Gasteiger partial charge in [-0.2, -0.15) is 13.2 Å². The Morgan fingerprint density at radius 2 is 1.82 bits per heavy atom. The zero-order valence-electron chi connectivity index (χ0n) is 9.93. The molecule has 1 nitrogen and oxygen atoms in total. The molecule has 1 rings (SSSR count). The minimum absolute atomic E-state index is 0.0896. The number of nitrogens with one attached hydrogen (secondary N) is 1. The van der Waals surface area contributed by atoms with Crippen molar-refractivity contribution in [1.82, 2.24) is 5.32 Å². The highest BCUT2D eigenvalue weighted by Gasteiger charge is 2.29. The largest absolute Gasteiger partial charge is 0.416 e. The van der Waals surface area contributed by atoms with Gasteiger partial charge < -0.3 is 5.32 Å². The molecule has 1 atom stereocenters. The lowest BCUT2D eigenvalue weighted by molar-refractivity contribution is -0.137. The molecular formula is C13H16F3N. The molecule has 4 heteroatoms. The Morgan fingerprint density at radius 3 is 2.18 bits per heavy atom. The molecule has 1 unspecified atom stereocenters. The number of benzene rings is 1. The van der Waals surface area contributed by atoms with Crippen molar-refractivity contribution in [2.24, 2.45) is 0 Å². The minimum Gasteiger partial charge on any atom is -0.313 e. The maximum Gasteiger partial charge on any atom is 0.416 e. The summed E-state index contributed by atoms with van der Waals surface area (Å²) in [7, 11) is 1.81. The fourth-order valence-electron chi connectivity index (χ4n) is 1.59. The third-order valence-corrected chi connectivity index (χ3v) is 2.66. The Balaban J connectivity index is 2.78. The summed E-state index contributed by atoms with van der Waals surface area (Å²) in [6, 6.07) is 5.33. The van der Waals surface area contributed by atoms with Crippen molar-refractivity contribution >= 4 is 0 Å². The van der Waals surface area contributed by atoms with E-state index >= 15 is 0 Å². The molecule has 0 bridgehead atoms. The van der Waals surface area contributed by atoms with Crippen LogP contribution in [0.5, 0.6) is 0 Å². The second-order valence-electron chi connectivity index (χ2n) is 4.09. The molecule has 17 heavy (non-hydrogen) atoms. The Hall–Kier alpha value is -1.29. The fourth-order valence-corrected chi connectivity index (χ4v) is 1.59. The van der Waals surface area contributed by atoms with E-state index in [1.807, 2.05) is 14.0 Å². The Kier molecular flexibility index (Phi) is 4.34. The van der Waals surface area contributed by atoms with Crippen molar-refractivity contribution < 1.29 is 13.2 Å². The summed E-state index contributed by atoms with van der Waals surface area (Å²) >= 11 is 0. The van der Waals surface area contributed by atoms with Gasteiger partial charge in [-0.15, -0.1) is 0 Å². The van der Waals surface area contributed by atoms with Crippen LogP contribution in [-0.2, 0) is 12.6 Å². The summed E-state index contributed by atoms with van der Waals surface area (Å²) in [6.45, 7) is 5.73. The quantitative estimate of drug-likeness (QED) is 0.799. The van der Waals surface area contributed by atoms with E-state index in [9.17, 15) is 13.2 Å². The average Bonchev–Trinajstić information content (AvgIpc) is 2.25. The number of alkyl halides is 3. The third-order valence-electron chi connectivity index (χ3n) is 2.66. The first kappa shape index (κ1) is 13.8. The second-order valence-corrected chi connectivity index (χ2v) is 4.09. The zero-order valence-corrected chi connectivity index (χ0v) is 9.93. The van der Waals surface area contributed by atoms with Gasteiger partial charge in [0.15, 0.2) is 0 Å². The van der Waals surface area contributed by atoms with Gasteiger partial charge in [-0.1, -0.05) is 24.3 Å². The molecule has 1 aromatic carbocycles. The van der Waals surface area contributed by atoms with Gasteiger partial charge in [-0.3, -0.25) is 0 Å². The molecule has 0 saturated carbocycles. The summed E-state index contributed by atoms with van der Waals surface area (Å²) in [4.78, 5) is 0. The molecule has 0 spiro atoms. The summed E-state index contributed by atoms with van der Waals surface area (Å²) in [5, 5.41) is 3.07. The van der Waals surface area contributed by atoms with Gasteiger partial charge in [0, 0.05) is 6.04 Å². The van der Waals surface area contributed by atoms with Crippen molar-refractivity contribution in [3.05, 3.63) is 47.5 Å². The predicted molar refractivity (Wildman–Crippen MR) is 62.8 cm³/mol. The predicted octanol–water partition coefficient (Wildman–Crippen LogP) is 3.41. The van der Waals surface area contributed by atoms with Gasteiger partial charge in [0.25, 0.3) is 0 Å². The lowest BCUT2D eigenvalue weighted by Crippen LogP contribution is -2.28. The van der Waals surface area contributed by atoms with Crippen LogP contribution >= 0.6 is 0 Å². The molecular weight excluding hydrogens is 227 g/mol. The van der Waals surface area contributed by atoms with Crippen molar-refractivity contribution in [2.75, 3.05) is 7.05 Å². The van der Waals surface area contributed by atoms with Crippen LogP contribution in [0.2, 0.25) is 0 Å². The van der Waals surface area contributed by atoms with E-state index in [4.69, 9.17) is 0 Å². The van der Waals surface area contributed by atoms with Crippen LogP contribution < -0.4 is 5.32 Å². The van der Waals surface area contributed by atoms with Crippen LogP contribution in [0.1, 0.15) is 18.1 Å². The lowest BCUT2D eigenvalue weighted by atomic mass is 10.00. The lowest BCUT2D eigenvalue weighted by Gasteiger charge is -2.16. The highest BCUT2D eigenvalue weighted by Crippen LogP contribution is 2.29. The summed E-state index contributed by atoms with van der Waals surface area (Å²) in [6.07, 6.45) is -3.63. The third kappa shape index (κ3) is 3.89. The van der Waals surface area contributed by atoms with E-state index in [1.54, 1.807) is 0 Å². The highest BCUT2D eigenvalue weighted by molar-refractivity contribution is 5.26. The van der Waals surface area contributed by atoms with Crippen LogP contribution in [0.25, 0.3) is 0 Å². The molecule has 1 N–H and O–H groups in total. The van der Waals surface area contributed by atoms with E-state index in [0.717, 1.165) is 23.3 Å². The van der Waals surface area contributed by atoms with E-state index < -0.39 is 11.7 Å². The Labute approximate surface area is 99.3 Å². The molecule has 0 aliphatic heterocycles. The van der Waals surface area contributed by atoms with Crippen molar-refractivity contribution in [1.29, 1.82) is 0 Å². The number of halogens is 3. The van der Waals surface area contributed by atoms with Gasteiger partial charge in [-0.25, -0.2) is 0 Å². The summed E-state index contributed by atoms with van der Waals surface area (Å²) in [5.74, 6) is 0. The van der Waals surface area contributed by atoms with E-state index in [1.165, 1.54) is 12.1 Å². The number of rotatable bonds is 4. The average molecular weight is 243 g/mol. The summed E-state index contributed by atoms with van der Waals surface area (Å²) in [5.41, 5.74) is 1.21. The smallest absolute Gasteiger partial charge is 0.313 e. The molecule has 0 amide bonds. The van der Waals surface area contributed by atoms with Crippen LogP contribution in [0, 0.1) is 0 Å². The topological polar surface area (TPSA) is 12.0 Å². The molecule has 0 radical (unpaired) electrons. The van der Waals surface area contributed by atoms with Crippen molar-refractivity contribution in [2.45, 2.75) is 25.6 Å². The number of hydrogen-bond acceptors (Lipinski definition) is 1.